The summed E-state index contributed by atoms with van der Waals surface area (Å²) in [4.78, 5) is 46.5. The van der Waals surface area contributed by atoms with Gasteiger partial charge >= 0.3 is 0 Å². The molecule has 0 radical (unpaired) electrons. The Morgan fingerprint density at radius 1 is 1.04 bits per heavy atom. The minimum absolute atomic E-state index is 0.0189. The maximum Gasteiger partial charge on any atom is 0.264 e. The third kappa shape index (κ3) is 5.74. The zero-order valence-electron chi connectivity index (χ0n) is 26.7. The fraction of sp³-hybridized carbons (Fsp3) is 0.571. The number of benzene rings is 2. The van der Waals surface area contributed by atoms with E-state index in [1.807, 2.05) is 60.4 Å². The van der Waals surface area contributed by atoms with Crippen molar-refractivity contribution in [3.05, 3.63) is 59.7 Å². The molecule has 242 valence electrons. The Bertz CT molecular complexity index is 1450. The van der Waals surface area contributed by atoms with Gasteiger partial charge in [-0.2, -0.15) is 0 Å². The number of nitrogens with zero attached hydrogens (tertiary/aromatic N) is 3. The molecule has 2 aromatic rings. The smallest absolute Gasteiger partial charge is 0.264 e. The van der Waals surface area contributed by atoms with Gasteiger partial charge < -0.3 is 28.7 Å². The van der Waals surface area contributed by atoms with Crippen molar-refractivity contribution < 1.29 is 28.3 Å². The molecule has 0 saturated carbocycles. The normalized spacial score (nSPS) is 29.0. The van der Waals surface area contributed by atoms with Crippen LogP contribution in [0.1, 0.15) is 69.4 Å². The number of carbonyl (C=O) groups is 3. The van der Waals surface area contributed by atoms with Gasteiger partial charge in [-0.25, -0.2) is 0 Å². The molecule has 5 atom stereocenters. The maximum atomic E-state index is 16.2. The second-order valence-electron chi connectivity index (χ2n) is 13.8. The Kier molecular flexibility index (Phi) is 8.93. The number of hydrogen-bond acceptors (Lipinski definition) is 5. The lowest BCUT2D eigenvalue weighted by molar-refractivity contribution is -0.150. The fourth-order valence-corrected chi connectivity index (χ4v) is 10.9. The summed E-state index contributed by atoms with van der Waals surface area (Å²) in [5.41, 5.74) is 1.19. The van der Waals surface area contributed by atoms with Gasteiger partial charge in [-0.3, -0.25) is 14.4 Å². The highest BCUT2D eigenvalue weighted by atomic mass is 28.4. The number of ether oxygens (including phenoxy) is 1. The summed E-state index contributed by atoms with van der Waals surface area (Å²) in [6, 6.07) is 15.2. The van der Waals surface area contributed by atoms with Gasteiger partial charge in [0.25, 0.3) is 5.91 Å². The highest BCUT2D eigenvalue weighted by Gasteiger charge is 2.67. The van der Waals surface area contributed by atoms with Gasteiger partial charge in [0.1, 0.15) is 0 Å². The molecule has 3 saturated heterocycles. The predicted octanol–water partition coefficient (Wildman–Crippen LogP) is 5.68. The van der Waals surface area contributed by atoms with E-state index in [0.717, 1.165) is 55.5 Å². The third-order valence-corrected chi connectivity index (χ3v) is 13.0. The van der Waals surface area contributed by atoms with E-state index in [1.54, 1.807) is 22.9 Å². The number of anilines is 2. The number of fused-ring (bicyclic) bond motifs is 2. The molecule has 4 aliphatic heterocycles. The number of aliphatic hydroxyl groups excluding tert-OH is 1. The lowest BCUT2D eigenvalue weighted by Crippen LogP contribution is -2.45. The van der Waals surface area contributed by atoms with E-state index in [4.69, 9.17) is 4.74 Å². The highest BCUT2D eigenvalue weighted by Crippen LogP contribution is 2.60. The summed E-state index contributed by atoms with van der Waals surface area (Å²) >= 11 is 0. The molecular formula is C35H46FN3O5Si. The zero-order chi connectivity index (χ0) is 31.9. The molecule has 10 heteroatoms. The Balaban J connectivity index is 1.31. The third-order valence-electron chi connectivity index (χ3n) is 10.5. The molecular weight excluding hydrogens is 589 g/mol. The number of halogens is 1. The van der Waals surface area contributed by atoms with Crippen LogP contribution in [-0.4, -0.2) is 68.0 Å². The van der Waals surface area contributed by atoms with Crippen LogP contribution in [0.2, 0.25) is 18.6 Å². The Hall–Kier alpha value is -3.08. The van der Waals surface area contributed by atoms with E-state index < -0.39 is 31.6 Å². The van der Waals surface area contributed by atoms with Crippen LogP contribution >= 0.6 is 0 Å². The molecule has 0 aromatic heterocycles. The van der Waals surface area contributed by atoms with Gasteiger partial charge in [0.05, 0.1) is 37.4 Å². The number of para-hydroxylation sites is 1. The molecule has 4 aliphatic rings. The molecule has 6 rings (SSSR count). The lowest BCUT2D eigenvalue weighted by Gasteiger charge is -2.31. The maximum absolute atomic E-state index is 16.2. The van der Waals surface area contributed by atoms with Crippen LogP contribution in [0.15, 0.2) is 48.5 Å². The largest absolute Gasteiger partial charge is 0.394 e. The SMILES string of the molecule is C[C@H]1[C@H]([Si](C)(C)F)[C@@H](CC(=O)N2CCC[C@H]2CO)O[C@]12C(=O)N(Cc1cccc(N3CCCCCCC3=O)c1)c1ccccc12. The summed E-state index contributed by atoms with van der Waals surface area (Å²) < 4.78 is 23.0. The van der Waals surface area contributed by atoms with Crippen LogP contribution < -0.4 is 9.80 Å². The number of amides is 3. The monoisotopic (exact) mass is 635 g/mol. The highest BCUT2D eigenvalue weighted by molar-refractivity contribution is 6.72. The first-order chi connectivity index (χ1) is 21.6. The number of aliphatic hydroxyl groups is 1. The molecule has 0 aliphatic carbocycles. The molecule has 2 aromatic carbocycles. The molecule has 1 N–H and O–H groups in total. The number of likely N-dealkylation sites (tertiary alicyclic amines) is 1. The van der Waals surface area contributed by atoms with Gasteiger partial charge in [0, 0.05) is 42.2 Å². The Morgan fingerprint density at radius 3 is 2.60 bits per heavy atom. The summed E-state index contributed by atoms with van der Waals surface area (Å²) in [7, 11) is -3.42. The predicted molar refractivity (Wildman–Crippen MR) is 174 cm³/mol. The second-order valence-corrected chi connectivity index (χ2v) is 17.6. The fourth-order valence-electron chi connectivity index (χ4n) is 8.44. The summed E-state index contributed by atoms with van der Waals surface area (Å²) in [6.45, 7) is 6.61. The van der Waals surface area contributed by atoms with Crippen molar-refractivity contribution in [2.45, 2.75) is 101 Å². The van der Waals surface area contributed by atoms with E-state index in [2.05, 4.69) is 0 Å². The Labute approximate surface area is 266 Å². The first-order valence-corrected chi connectivity index (χ1v) is 19.6. The summed E-state index contributed by atoms with van der Waals surface area (Å²) in [6.07, 6.45) is 5.39. The molecule has 0 bridgehead atoms. The first-order valence-electron chi connectivity index (χ1n) is 16.6. The van der Waals surface area contributed by atoms with Crippen LogP contribution in [0.4, 0.5) is 15.5 Å². The minimum Gasteiger partial charge on any atom is -0.394 e. The lowest BCUT2D eigenvalue weighted by atomic mass is 9.82. The van der Waals surface area contributed by atoms with Crippen molar-refractivity contribution in [2.75, 3.05) is 29.5 Å². The van der Waals surface area contributed by atoms with Crippen molar-refractivity contribution in [1.29, 1.82) is 0 Å². The molecule has 0 unspecified atom stereocenters. The number of hydrogen-bond donors (Lipinski definition) is 1. The van der Waals surface area contributed by atoms with Gasteiger partial charge in [-0.1, -0.05) is 50.1 Å². The van der Waals surface area contributed by atoms with Gasteiger partial charge in [0.15, 0.2) is 5.60 Å². The number of carbonyl (C=O) groups excluding carboxylic acids is 3. The average Bonchev–Trinajstić information content (AvgIpc) is 3.66. The van der Waals surface area contributed by atoms with Crippen molar-refractivity contribution in [1.82, 2.24) is 4.90 Å². The molecule has 45 heavy (non-hydrogen) atoms. The van der Waals surface area contributed by atoms with E-state index >= 15 is 4.11 Å². The molecule has 4 heterocycles. The molecule has 3 fully saturated rings. The van der Waals surface area contributed by atoms with Gasteiger partial charge in [-0.05, 0) is 62.5 Å². The van der Waals surface area contributed by atoms with Crippen molar-refractivity contribution >= 4 is 37.5 Å². The van der Waals surface area contributed by atoms with Crippen molar-refractivity contribution in [2.24, 2.45) is 5.92 Å². The van der Waals surface area contributed by atoms with E-state index in [1.165, 1.54) is 0 Å². The van der Waals surface area contributed by atoms with Crippen LogP contribution in [0.5, 0.6) is 0 Å². The van der Waals surface area contributed by atoms with Gasteiger partial charge in [-0.15, -0.1) is 0 Å². The van der Waals surface area contributed by atoms with Crippen LogP contribution in [-0.2, 0) is 31.3 Å². The number of rotatable bonds is 7. The zero-order valence-corrected chi connectivity index (χ0v) is 27.7. The van der Waals surface area contributed by atoms with Crippen LogP contribution in [0, 0.1) is 5.92 Å². The average molecular weight is 636 g/mol. The molecule has 3 amide bonds. The topological polar surface area (TPSA) is 90.4 Å². The van der Waals surface area contributed by atoms with Crippen molar-refractivity contribution in [3.8, 4) is 0 Å². The van der Waals surface area contributed by atoms with Crippen molar-refractivity contribution in [3.63, 3.8) is 0 Å². The minimum atomic E-state index is -3.42. The van der Waals surface area contributed by atoms with Gasteiger partial charge in [0.2, 0.25) is 20.2 Å². The first kappa shape index (κ1) is 31.9. The summed E-state index contributed by atoms with van der Waals surface area (Å²) in [5, 5.41) is 9.81. The Morgan fingerprint density at radius 2 is 1.82 bits per heavy atom. The second kappa shape index (κ2) is 12.6. The summed E-state index contributed by atoms with van der Waals surface area (Å²) in [5.74, 6) is -0.755. The standard InChI is InChI=1S/C35H46FN3O5Si/c1-24-33(45(2,3)36)30(21-32(42)38-19-11-14-27(38)23-40)44-35(24)28-15-7-8-16-29(28)39(34(35)43)22-25-12-10-13-26(20-25)37-18-9-5-4-6-17-31(37)41/h7-8,10,12-13,15-16,20,24,27,30,33,40H,4-6,9,11,14,17-19,21-23H2,1-3H3/t24-,27-,30+,33-,35+/m0/s1. The quantitative estimate of drug-likeness (QED) is 0.313. The van der Waals surface area contributed by atoms with E-state index in [0.29, 0.717) is 25.1 Å². The molecule has 1 spiro atoms. The van der Waals surface area contributed by atoms with E-state index in [9.17, 15) is 19.5 Å². The molecule has 8 nitrogen and oxygen atoms in total. The van der Waals surface area contributed by atoms with E-state index in [-0.39, 0.29) is 43.3 Å². The van der Waals surface area contributed by atoms with Crippen LogP contribution in [0.3, 0.4) is 0 Å². The van der Waals surface area contributed by atoms with Crippen LogP contribution in [0.25, 0.3) is 0 Å².